The van der Waals surface area contributed by atoms with E-state index < -0.39 is 33.4 Å². The van der Waals surface area contributed by atoms with Crippen molar-refractivity contribution in [1.82, 2.24) is 0 Å². The largest absolute Gasteiger partial charge is 0.465 e. The number of anilines is 2. The Balaban J connectivity index is 1.66. The Morgan fingerprint density at radius 1 is 0.850 bits per heavy atom. The van der Waals surface area contributed by atoms with Crippen LogP contribution in [0.5, 0.6) is 0 Å². The lowest BCUT2D eigenvalue weighted by atomic mass is 10.1. The van der Waals surface area contributed by atoms with Crippen LogP contribution in [0.25, 0.3) is 10.4 Å². The van der Waals surface area contributed by atoms with Crippen molar-refractivity contribution in [2.45, 2.75) is 36.2 Å². The molecule has 0 fully saturated rings. The quantitative estimate of drug-likeness (QED) is 0.216. The third-order valence-electron chi connectivity index (χ3n) is 5.41. The Bertz CT molecular complexity index is 1650. The number of benzene rings is 3. The van der Waals surface area contributed by atoms with Gasteiger partial charge >= 0.3 is 12.2 Å². The molecular formula is C29H27N3O6S2. The molecule has 0 aliphatic carbocycles. The van der Waals surface area contributed by atoms with E-state index in [1.807, 2.05) is 17.5 Å². The van der Waals surface area contributed by atoms with Crippen LogP contribution in [0.15, 0.2) is 104 Å². The summed E-state index contributed by atoms with van der Waals surface area (Å²) in [5.41, 5.74) is 0.687. The topological polar surface area (TPSA) is 134 Å². The zero-order chi connectivity index (χ0) is 28.9. The van der Waals surface area contributed by atoms with E-state index in [2.05, 4.69) is 15.0 Å². The van der Waals surface area contributed by atoms with Crippen molar-refractivity contribution in [1.29, 1.82) is 0 Å². The first-order valence-electron chi connectivity index (χ1n) is 12.1. The van der Waals surface area contributed by atoms with Gasteiger partial charge in [-0.05, 0) is 86.3 Å². The number of carbonyl (C=O) groups is 3. The Labute approximate surface area is 236 Å². The maximum absolute atomic E-state index is 14.1. The summed E-state index contributed by atoms with van der Waals surface area (Å²) >= 11 is 1.51. The van der Waals surface area contributed by atoms with Crippen LogP contribution in [0, 0.1) is 0 Å². The molecule has 1 atom stereocenters. The summed E-state index contributed by atoms with van der Waals surface area (Å²) in [6, 6.07) is 23.0. The number of amides is 3. The molecule has 3 amide bonds. The van der Waals surface area contributed by atoms with E-state index in [4.69, 9.17) is 4.74 Å². The highest BCUT2D eigenvalue weighted by Crippen LogP contribution is 2.32. The SMILES string of the molecule is CC(C)(C)OC(=O)N=S(=O)(c1ccccc1)c1ccc(C(=O)Nc2cc(-c3cccs3)ccc2NC(=O)O)cc1. The van der Waals surface area contributed by atoms with Crippen LogP contribution in [-0.2, 0) is 14.5 Å². The lowest BCUT2D eigenvalue weighted by molar-refractivity contribution is 0.0607. The van der Waals surface area contributed by atoms with Gasteiger partial charge in [0.15, 0.2) is 0 Å². The summed E-state index contributed by atoms with van der Waals surface area (Å²) in [6.45, 7) is 5.06. The number of rotatable bonds is 6. The smallest absolute Gasteiger partial charge is 0.442 e. The number of ether oxygens (including phenoxy) is 1. The summed E-state index contributed by atoms with van der Waals surface area (Å²) in [5.74, 6) is -0.515. The highest BCUT2D eigenvalue weighted by Gasteiger charge is 2.23. The van der Waals surface area contributed by atoms with E-state index in [1.54, 1.807) is 69.3 Å². The minimum atomic E-state index is -3.43. The van der Waals surface area contributed by atoms with Gasteiger partial charge in [0.1, 0.15) is 15.3 Å². The van der Waals surface area contributed by atoms with Crippen LogP contribution < -0.4 is 10.6 Å². The summed E-state index contributed by atoms with van der Waals surface area (Å²) in [6.07, 6.45) is -2.24. The second-order valence-electron chi connectivity index (χ2n) is 9.56. The number of hydrogen-bond acceptors (Lipinski definition) is 6. The normalized spacial score (nSPS) is 12.6. The molecule has 0 spiro atoms. The predicted octanol–water partition coefficient (Wildman–Crippen LogP) is 7.58. The third kappa shape index (κ3) is 6.93. The number of nitrogens with one attached hydrogen (secondary N) is 2. The van der Waals surface area contributed by atoms with Gasteiger partial charge in [0, 0.05) is 10.4 Å². The number of carbonyl (C=O) groups excluding carboxylic acids is 2. The minimum Gasteiger partial charge on any atom is -0.465 e. The summed E-state index contributed by atoms with van der Waals surface area (Å²) < 4.78 is 23.4. The van der Waals surface area contributed by atoms with Gasteiger partial charge in [-0.15, -0.1) is 15.7 Å². The molecule has 0 saturated carbocycles. The molecule has 11 heteroatoms. The Kier molecular flexibility index (Phi) is 8.36. The van der Waals surface area contributed by atoms with Crippen LogP contribution in [0.4, 0.5) is 21.0 Å². The third-order valence-corrected chi connectivity index (χ3v) is 8.56. The van der Waals surface area contributed by atoms with Crippen LogP contribution in [0.2, 0.25) is 0 Å². The predicted molar refractivity (Wildman–Crippen MR) is 156 cm³/mol. The van der Waals surface area contributed by atoms with Gasteiger partial charge in [-0.25, -0.2) is 13.8 Å². The lowest BCUT2D eigenvalue weighted by Crippen LogP contribution is -2.22. The molecule has 0 bridgehead atoms. The Morgan fingerprint density at radius 3 is 2.12 bits per heavy atom. The van der Waals surface area contributed by atoms with Crippen LogP contribution in [-0.4, -0.2) is 33.0 Å². The molecule has 0 aliphatic rings. The van der Waals surface area contributed by atoms with Gasteiger partial charge in [-0.3, -0.25) is 10.1 Å². The minimum absolute atomic E-state index is 0.209. The second kappa shape index (κ2) is 11.7. The molecule has 206 valence electrons. The first kappa shape index (κ1) is 28.5. The van der Waals surface area contributed by atoms with Crippen molar-refractivity contribution >= 4 is 50.5 Å². The van der Waals surface area contributed by atoms with Crippen molar-refractivity contribution in [3.63, 3.8) is 0 Å². The average molecular weight is 578 g/mol. The molecular weight excluding hydrogens is 550 g/mol. The molecule has 4 rings (SSSR count). The zero-order valence-corrected chi connectivity index (χ0v) is 23.5. The van der Waals surface area contributed by atoms with Crippen molar-refractivity contribution in [2.75, 3.05) is 10.6 Å². The fourth-order valence-electron chi connectivity index (χ4n) is 3.69. The number of carboxylic acid groups (broad SMARTS) is 1. The molecule has 0 radical (unpaired) electrons. The number of nitrogens with zero attached hydrogens (tertiary/aromatic N) is 1. The van der Waals surface area contributed by atoms with Crippen LogP contribution in [0.1, 0.15) is 31.1 Å². The molecule has 0 aliphatic heterocycles. The summed E-state index contributed by atoms with van der Waals surface area (Å²) in [4.78, 5) is 38.5. The summed E-state index contributed by atoms with van der Waals surface area (Å²) in [7, 11) is -3.43. The van der Waals surface area contributed by atoms with E-state index in [9.17, 15) is 23.7 Å². The molecule has 1 heterocycles. The average Bonchev–Trinajstić information content (AvgIpc) is 3.44. The fraction of sp³-hybridized carbons (Fsp3) is 0.138. The Hall–Kier alpha value is -4.48. The van der Waals surface area contributed by atoms with Gasteiger partial charge in [-0.1, -0.05) is 30.3 Å². The van der Waals surface area contributed by atoms with Gasteiger partial charge in [0.2, 0.25) is 0 Å². The summed E-state index contributed by atoms with van der Waals surface area (Å²) in [5, 5.41) is 16.2. The number of hydrogen-bond donors (Lipinski definition) is 3. The molecule has 4 aromatic rings. The highest BCUT2D eigenvalue weighted by molar-refractivity contribution is 7.94. The van der Waals surface area contributed by atoms with Gasteiger partial charge < -0.3 is 15.2 Å². The molecule has 3 N–H and O–H groups in total. The van der Waals surface area contributed by atoms with E-state index in [0.717, 1.165) is 10.4 Å². The molecule has 1 aromatic heterocycles. The first-order chi connectivity index (χ1) is 18.9. The van der Waals surface area contributed by atoms with Gasteiger partial charge in [0.25, 0.3) is 5.91 Å². The molecule has 0 saturated heterocycles. The van der Waals surface area contributed by atoms with E-state index in [-0.39, 0.29) is 21.8 Å². The lowest BCUT2D eigenvalue weighted by Gasteiger charge is -2.18. The first-order valence-corrected chi connectivity index (χ1v) is 14.5. The van der Waals surface area contributed by atoms with Crippen molar-refractivity contribution in [3.05, 3.63) is 95.9 Å². The zero-order valence-electron chi connectivity index (χ0n) is 21.9. The maximum atomic E-state index is 14.1. The van der Waals surface area contributed by atoms with Gasteiger partial charge in [-0.2, -0.15) is 0 Å². The maximum Gasteiger partial charge on any atom is 0.442 e. The highest BCUT2D eigenvalue weighted by atomic mass is 32.2. The van der Waals surface area contributed by atoms with Gasteiger partial charge in [0.05, 0.1) is 21.2 Å². The van der Waals surface area contributed by atoms with Crippen molar-refractivity contribution in [2.24, 2.45) is 4.36 Å². The molecule has 1 unspecified atom stereocenters. The standard InChI is InChI=1S/C29H27N3O6S2/c1-29(2,3)38-28(36)32-40(37,21-8-5-4-6-9-21)22-14-11-19(12-15-22)26(33)30-24-18-20(25-10-7-17-39-25)13-16-23(24)31-27(34)35/h4-18,31H,1-3H3,(H,30,33)(H,34,35). The van der Waals surface area contributed by atoms with E-state index in [0.29, 0.717) is 4.90 Å². The molecule has 9 nitrogen and oxygen atoms in total. The molecule has 40 heavy (non-hydrogen) atoms. The molecule has 3 aromatic carbocycles. The van der Waals surface area contributed by atoms with E-state index in [1.165, 1.54) is 35.6 Å². The number of thiophene rings is 1. The van der Waals surface area contributed by atoms with Crippen molar-refractivity contribution in [3.8, 4) is 10.4 Å². The van der Waals surface area contributed by atoms with E-state index >= 15 is 0 Å². The van der Waals surface area contributed by atoms with Crippen molar-refractivity contribution < 1.29 is 28.4 Å². The van der Waals surface area contributed by atoms with Crippen LogP contribution in [0.3, 0.4) is 0 Å². The monoisotopic (exact) mass is 577 g/mol. The fourth-order valence-corrected chi connectivity index (χ4v) is 6.17. The second-order valence-corrected chi connectivity index (χ2v) is 12.7. The Morgan fingerprint density at radius 2 is 1.52 bits per heavy atom. The van der Waals surface area contributed by atoms with Crippen LogP contribution >= 0.6 is 11.3 Å².